The van der Waals surface area contributed by atoms with Gasteiger partial charge in [0.1, 0.15) is 0 Å². The Bertz CT molecular complexity index is 2610. The minimum Gasteiger partial charge on any atom is -0.310 e. The molecular weight excluding hydrogens is 651 g/mol. The van der Waals surface area contributed by atoms with Crippen LogP contribution in [0, 0.1) is 0 Å². The Morgan fingerprint density at radius 1 is 0.500 bits per heavy atom. The van der Waals surface area contributed by atoms with Crippen LogP contribution in [0.1, 0.15) is 60.9 Å². The summed E-state index contributed by atoms with van der Waals surface area (Å²) in [5, 5.41) is 0. The molecule has 3 aliphatic carbocycles. The van der Waals surface area contributed by atoms with Crippen LogP contribution in [0.3, 0.4) is 0 Å². The van der Waals surface area contributed by atoms with Gasteiger partial charge in [-0.3, -0.25) is 0 Å². The van der Waals surface area contributed by atoms with E-state index < -0.39 is 0 Å². The molecule has 0 fully saturated rings. The smallest absolute Gasteiger partial charge is 0.0540 e. The lowest BCUT2D eigenvalue weighted by Crippen LogP contribution is -2.23. The van der Waals surface area contributed by atoms with E-state index in [2.05, 4.69) is 214 Å². The van der Waals surface area contributed by atoms with E-state index in [9.17, 15) is 0 Å². The predicted molar refractivity (Wildman–Crippen MR) is 227 cm³/mol. The second-order valence-corrected chi connectivity index (χ2v) is 15.8. The molecule has 2 unspecified atom stereocenters. The third-order valence-electron chi connectivity index (χ3n) is 12.6. The number of nitrogens with zero attached hydrogens (tertiary/aromatic N) is 1. The molecule has 0 bridgehead atoms. The summed E-state index contributed by atoms with van der Waals surface area (Å²) in [7, 11) is 0. The highest BCUT2D eigenvalue weighted by molar-refractivity contribution is 5.92. The van der Waals surface area contributed by atoms with Crippen LogP contribution in [0.2, 0.25) is 0 Å². The average molecular weight is 694 g/mol. The Morgan fingerprint density at radius 2 is 1.11 bits per heavy atom. The van der Waals surface area contributed by atoms with Gasteiger partial charge in [-0.2, -0.15) is 0 Å². The van der Waals surface area contributed by atoms with Gasteiger partial charge in [0, 0.05) is 33.7 Å². The summed E-state index contributed by atoms with van der Waals surface area (Å²) < 4.78 is 0. The monoisotopic (exact) mass is 693 g/mol. The van der Waals surface area contributed by atoms with E-state index in [0.717, 1.165) is 17.8 Å². The molecule has 0 aromatic heterocycles. The van der Waals surface area contributed by atoms with Gasteiger partial charge in [0.15, 0.2) is 0 Å². The molecule has 7 aromatic carbocycles. The molecule has 260 valence electrons. The Morgan fingerprint density at radius 3 is 1.91 bits per heavy atom. The maximum absolute atomic E-state index is 2.49. The van der Waals surface area contributed by atoms with Gasteiger partial charge >= 0.3 is 0 Å². The largest absolute Gasteiger partial charge is 0.310 e. The van der Waals surface area contributed by atoms with E-state index in [1.165, 1.54) is 72.5 Å². The fraction of sp³-hybridized carbons (Fsp3) is 0.132. The number of fused-ring (bicyclic) bond motifs is 6. The SMILES string of the molecule is CC1(C)c2ccccc2-c2ccc(N(c3ccc(-c4ccccc4)cc3)c3ccccc3-c3cccc4c3C3CC=CC=C3C4(C)c3ccccc3)cc21. The summed E-state index contributed by atoms with van der Waals surface area (Å²) in [6, 6.07) is 63.0. The number of rotatable bonds is 6. The summed E-state index contributed by atoms with van der Waals surface area (Å²) >= 11 is 0. The normalized spacial score (nSPS) is 18.6. The number of benzene rings is 7. The van der Waals surface area contributed by atoms with E-state index in [4.69, 9.17) is 0 Å². The highest BCUT2D eigenvalue weighted by Crippen LogP contribution is 2.59. The summed E-state index contributed by atoms with van der Waals surface area (Å²) in [5.41, 5.74) is 19.3. The summed E-state index contributed by atoms with van der Waals surface area (Å²) in [5.74, 6) is 0.317. The summed E-state index contributed by atoms with van der Waals surface area (Å²) in [6.07, 6.45) is 8.01. The first kappa shape index (κ1) is 32.5. The van der Waals surface area contributed by atoms with Crippen molar-refractivity contribution >= 4 is 17.1 Å². The molecule has 0 saturated carbocycles. The first-order chi connectivity index (χ1) is 26.4. The van der Waals surface area contributed by atoms with Crippen molar-refractivity contribution in [1.82, 2.24) is 0 Å². The number of hydrogen-bond donors (Lipinski definition) is 0. The minimum absolute atomic E-state index is 0.107. The molecule has 0 aliphatic heterocycles. The molecule has 1 heteroatoms. The molecular formula is C53H43N. The van der Waals surface area contributed by atoms with Crippen molar-refractivity contribution in [3.8, 4) is 33.4 Å². The van der Waals surface area contributed by atoms with E-state index in [0.29, 0.717) is 5.92 Å². The van der Waals surface area contributed by atoms with Gasteiger partial charge in [0.25, 0.3) is 0 Å². The maximum atomic E-state index is 2.49. The van der Waals surface area contributed by atoms with Crippen LogP contribution >= 0.6 is 0 Å². The molecule has 0 radical (unpaired) electrons. The van der Waals surface area contributed by atoms with E-state index in [-0.39, 0.29) is 10.8 Å². The number of hydrogen-bond acceptors (Lipinski definition) is 1. The standard InChI is InChI=1S/C53H43N/c1-52(2)46-25-13-10-21-41(46)42-34-33-40(35-49(42)52)54(39-31-29-37(30-32-39)36-17-6-4-7-18-36)50-28-15-12-22-43(50)44-24-16-27-48-51(44)45-23-11-14-26-47(45)53(48,3)38-19-8-5-9-20-38/h4-22,24-35,45H,23H2,1-3H3. The topological polar surface area (TPSA) is 3.24 Å². The van der Waals surface area contributed by atoms with Gasteiger partial charge in [0.05, 0.1) is 5.69 Å². The van der Waals surface area contributed by atoms with Crippen LogP contribution in [-0.4, -0.2) is 0 Å². The van der Waals surface area contributed by atoms with Crippen LogP contribution in [0.5, 0.6) is 0 Å². The molecule has 0 heterocycles. The Kier molecular flexibility index (Phi) is 7.49. The van der Waals surface area contributed by atoms with Crippen molar-refractivity contribution in [1.29, 1.82) is 0 Å². The number of para-hydroxylation sites is 1. The van der Waals surface area contributed by atoms with E-state index in [1.54, 1.807) is 0 Å². The van der Waals surface area contributed by atoms with Crippen LogP contribution < -0.4 is 4.90 Å². The van der Waals surface area contributed by atoms with Gasteiger partial charge in [-0.25, -0.2) is 0 Å². The Balaban J connectivity index is 1.18. The first-order valence-corrected chi connectivity index (χ1v) is 19.3. The fourth-order valence-electron chi connectivity index (χ4n) is 9.87. The fourth-order valence-corrected chi connectivity index (χ4v) is 9.87. The Hall–Kier alpha value is -6.18. The van der Waals surface area contributed by atoms with Crippen molar-refractivity contribution < 1.29 is 0 Å². The lowest BCUT2D eigenvalue weighted by Gasteiger charge is -2.31. The zero-order chi connectivity index (χ0) is 36.4. The van der Waals surface area contributed by atoms with Gasteiger partial charge in [-0.15, -0.1) is 0 Å². The lowest BCUT2D eigenvalue weighted by atomic mass is 9.72. The van der Waals surface area contributed by atoms with Gasteiger partial charge in [-0.1, -0.05) is 172 Å². The second kappa shape index (κ2) is 12.5. The number of anilines is 3. The molecule has 10 rings (SSSR count). The van der Waals surface area contributed by atoms with Crippen molar-refractivity contribution in [2.45, 2.75) is 43.9 Å². The molecule has 0 N–H and O–H groups in total. The van der Waals surface area contributed by atoms with Crippen LogP contribution in [0.25, 0.3) is 33.4 Å². The minimum atomic E-state index is -0.204. The van der Waals surface area contributed by atoms with Gasteiger partial charge in [-0.05, 0) is 105 Å². The third kappa shape index (κ3) is 4.85. The summed E-state index contributed by atoms with van der Waals surface area (Å²) in [4.78, 5) is 2.49. The third-order valence-corrected chi connectivity index (χ3v) is 12.6. The highest BCUT2D eigenvalue weighted by atomic mass is 15.1. The quantitative estimate of drug-likeness (QED) is 0.168. The molecule has 7 aromatic rings. The van der Waals surface area contributed by atoms with Crippen molar-refractivity contribution in [2.24, 2.45) is 0 Å². The molecule has 0 spiro atoms. The zero-order valence-electron chi connectivity index (χ0n) is 31.1. The highest BCUT2D eigenvalue weighted by Gasteiger charge is 2.47. The van der Waals surface area contributed by atoms with Crippen LogP contribution in [-0.2, 0) is 10.8 Å². The Labute approximate surface area is 319 Å². The predicted octanol–water partition coefficient (Wildman–Crippen LogP) is 14.1. The average Bonchev–Trinajstić information content (AvgIpc) is 3.63. The maximum Gasteiger partial charge on any atom is 0.0540 e. The lowest BCUT2D eigenvalue weighted by molar-refractivity contribution is 0.654. The molecule has 2 atom stereocenters. The first-order valence-electron chi connectivity index (χ1n) is 19.3. The zero-order valence-corrected chi connectivity index (χ0v) is 31.1. The van der Waals surface area contributed by atoms with Gasteiger partial charge in [0.2, 0.25) is 0 Å². The van der Waals surface area contributed by atoms with E-state index in [1.807, 2.05) is 0 Å². The summed E-state index contributed by atoms with van der Waals surface area (Å²) in [6.45, 7) is 7.18. The molecule has 0 saturated heterocycles. The second-order valence-electron chi connectivity index (χ2n) is 15.8. The van der Waals surface area contributed by atoms with Crippen LogP contribution in [0.4, 0.5) is 17.1 Å². The van der Waals surface area contributed by atoms with Crippen molar-refractivity contribution in [2.75, 3.05) is 4.90 Å². The molecule has 54 heavy (non-hydrogen) atoms. The van der Waals surface area contributed by atoms with Gasteiger partial charge < -0.3 is 4.90 Å². The molecule has 3 aliphatic rings. The molecule has 0 amide bonds. The van der Waals surface area contributed by atoms with Crippen molar-refractivity contribution in [3.63, 3.8) is 0 Å². The number of allylic oxidation sites excluding steroid dienone is 4. The molecule has 1 nitrogen and oxygen atoms in total. The van der Waals surface area contributed by atoms with Crippen LogP contribution in [0.15, 0.2) is 194 Å². The van der Waals surface area contributed by atoms with E-state index >= 15 is 0 Å². The van der Waals surface area contributed by atoms with Crippen molar-refractivity contribution in [3.05, 3.63) is 221 Å².